The van der Waals surface area contributed by atoms with Crippen molar-refractivity contribution in [2.75, 3.05) is 32.7 Å². The average molecular weight is 214 g/mol. The fourth-order valence-corrected chi connectivity index (χ4v) is 2.38. The molecule has 1 heterocycles. The highest BCUT2D eigenvalue weighted by Crippen LogP contribution is 2.13. The third-order valence-corrected chi connectivity index (χ3v) is 3.04. The fourth-order valence-electron chi connectivity index (χ4n) is 2.38. The first-order chi connectivity index (χ1) is 7.22. The Labute approximate surface area is 93.9 Å². The molecule has 1 rings (SSSR count). The van der Waals surface area contributed by atoms with Crippen LogP contribution < -0.4 is 5.32 Å². The minimum atomic E-state index is -0.196. The molecular formula is C12H26N2O. The predicted molar refractivity (Wildman–Crippen MR) is 64.0 cm³/mol. The lowest BCUT2D eigenvalue weighted by atomic mass is 9.97. The van der Waals surface area contributed by atoms with E-state index in [0.29, 0.717) is 0 Å². The van der Waals surface area contributed by atoms with Gasteiger partial charge in [0.25, 0.3) is 0 Å². The molecule has 0 radical (unpaired) electrons. The molecule has 0 aromatic rings. The third kappa shape index (κ3) is 5.50. The van der Waals surface area contributed by atoms with Crippen LogP contribution in [-0.2, 0) is 0 Å². The van der Waals surface area contributed by atoms with E-state index in [1.807, 2.05) is 6.92 Å². The smallest absolute Gasteiger partial charge is 0.0639 e. The number of aliphatic hydroxyl groups is 1. The van der Waals surface area contributed by atoms with Crippen LogP contribution in [0, 0.1) is 5.92 Å². The normalized spacial score (nSPS) is 20.8. The van der Waals surface area contributed by atoms with Gasteiger partial charge >= 0.3 is 0 Å². The molecule has 0 amide bonds. The summed E-state index contributed by atoms with van der Waals surface area (Å²) in [5.41, 5.74) is 0. The van der Waals surface area contributed by atoms with Crippen LogP contribution in [-0.4, -0.2) is 48.8 Å². The number of nitrogens with zero attached hydrogens (tertiary/aromatic N) is 1. The van der Waals surface area contributed by atoms with Gasteiger partial charge in [0.15, 0.2) is 0 Å². The summed E-state index contributed by atoms with van der Waals surface area (Å²) in [4.78, 5) is 2.42. The molecule has 1 atom stereocenters. The van der Waals surface area contributed by atoms with Crippen LogP contribution >= 0.6 is 0 Å². The second kappa shape index (κ2) is 7.20. The molecule has 1 saturated heterocycles. The van der Waals surface area contributed by atoms with Gasteiger partial charge < -0.3 is 15.3 Å². The van der Waals surface area contributed by atoms with Gasteiger partial charge in [-0.3, -0.25) is 0 Å². The summed E-state index contributed by atoms with van der Waals surface area (Å²) in [7, 11) is 0. The highest BCUT2D eigenvalue weighted by atomic mass is 16.3. The lowest BCUT2D eigenvalue weighted by Crippen LogP contribution is -2.39. The largest absolute Gasteiger partial charge is 0.392 e. The maximum atomic E-state index is 9.42. The summed E-state index contributed by atoms with van der Waals surface area (Å²) >= 11 is 0. The van der Waals surface area contributed by atoms with E-state index in [-0.39, 0.29) is 6.10 Å². The molecule has 2 N–H and O–H groups in total. The Balaban J connectivity index is 2.28. The zero-order valence-electron chi connectivity index (χ0n) is 10.2. The van der Waals surface area contributed by atoms with Crippen molar-refractivity contribution in [2.45, 2.75) is 39.2 Å². The Bertz CT molecular complexity index is 156. The van der Waals surface area contributed by atoms with E-state index < -0.39 is 0 Å². The van der Waals surface area contributed by atoms with Gasteiger partial charge in [-0.25, -0.2) is 0 Å². The van der Waals surface area contributed by atoms with E-state index in [4.69, 9.17) is 0 Å². The molecule has 0 bridgehead atoms. The molecule has 0 aromatic carbocycles. The van der Waals surface area contributed by atoms with Crippen molar-refractivity contribution in [2.24, 2.45) is 5.92 Å². The molecule has 15 heavy (non-hydrogen) atoms. The van der Waals surface area contributed by atoms with E-state index in [0.717, 1.165) is 19.0 Å². The van der Waals surface area contributed by atoms with E-state index in [2.05, 4.69) is 17.1 Å². The second-order valence-electron chi connectivity index (χ2n) is 4.80. The van der Waals surface area contributed by atoms with Crippen LogP contribution in [0.25, 0.3) is 0 Å². The number of hydrogen-bond acceptors (Lipinski definition) is 3. The molecule has 0 spiro atoms. The zero-order valence-corrected chi connectivity index (χ0v) is 10.2. The molecule has 0 aliphatic carbocycles. The van der Waals surface area contributed by atoms with Gasteiger partial charge in [0.2, 0.25) is 0 Å². The average Bonchev–Trinajstić information content (AvgIpc) is 2.18. The van der Waals surface area contributed by atoms with Crippen LogP contribution in [0.2, 0.25) is 0 Å². The number of aliphatic hydroxyl groups excluding tert-OH is 1. The van der Waals surface area contributed by atoms with Crippen molar-refractivity contribution >= 4 is 0 Å². The first kappa shape index (κ1) is 12.9. The van der Waals surface area contributed by atoms with Crippen molar-refractivity contribution < 1.29 is 5.11 Å². The maximum Gasteiger partial charge on any atom is 0.0639 e. The van der Waals surface area contributed by atoms with E-state index >= 15 is 0 Å². The number of rotatable bonds is 6. The Morgan fingerprint density at radius 2 is 2.07 bits per heavy atom. The molecule has 1 unspecified atom stereocenters. The molecule has 0 saturated carbocycles. The molecule has 0 aromatic heterocycles. The summed E-state index contributed by atoms with van der Waals surface area (Å²) in [6, 6.07) is 0. The van der Waals surface area contributed by atoms with Gasteiger partial charge in [-0.1, -0.05) is 6.92 Å². The van der Waals surface area contributed by atoms with Gasteiger partial charge in [-0.2, -0.15) is 0 Å². The van der Waals surface area contributed by atoms with Gasteiger partial charge in [0.05, 0.1) is 6.10 Å². The molecular weight excluding hydrogens is 188 g/mol. The maximum absolute atomic E-state index is 9.42. The predicted octanol–water partition coefficient (Wildman–Crippen LogP) is 1.08. The summed E-state index contributed by atoms with van der Waals surface area (Å²) < 4.78 is 0. The number of nitrogens with one attached hydrogen (secondary N) is 1. The SMILES string of the molecule is CCCN(CC(C)O)CC1CCNCC1. The van der Waals surface area contributed by atoms with Crippen molar-refractivity contribution in [3.8, 4) is 0 Å². The van der Waals surface area contributed by atoms with Crippen molar-refractivity contribution in [3.05, 3.63) is 0 Å². The van der Waals surface area contributed by atoms with E-state index in [1.165, 1.54) is 38.9 Å². The molecule has 90 valence electrons. The molecule has 3 heteroatoms. The van der Waals surface area contributed by atoms with Crippen LogP contribution in [0.5, 0.6) is 0 Å². The monoisotopic (exact) mass is 214 g/mol. The number of hydrogen-bond donors (Lipinski definition) is 2. The minimum Gasteiger partial charge on any atom is -0.392 e. The highest BCUT2D eigenvalue weighted by Gasteiger charge is 2.17. The van der Waals surface area contributed by atoms with Gasteiger partial charge in [0.1, 0.15) is 0 Å². The second-order valence-corrected chi connectivity index (χ2v) is 4.80. The Morgan fingerprint density at radius 3 is 2.60 bits per heavy atom. The van der Waals surface area contributed by atoms with Crippen LogP contribution in [0.1, 0.15) is 33.1 Å². The van der Waals surface area contributed by atoms with Gasteiger partial charge in [-0.05, 0) is 51.7 Å². The lowest BCUT2D eigenvalue weighted by molar-refractivity contribution is 0.110. The third-order valence-electron chi connectivity index (χ3n) is 3.04. The first-order valence-corrected chi connectivity index (χ1v) is 6.33. The molecule has 1 fully saturated rings. The summed E-state index contributed by atoms with van der Waals surface area (Å²) in [5.74, 6) is 0.830. The first-order valence-electron chi connectivity index (χ1n) is 6.33. The Hall–Kier alpha value is -0.120. The minimum absolute atomic E-state index is 0.196. The molecule has 1 aliphatic heterocycles. The van der Waals surface area contributed by atoms with E-state index in [9.17, 15) is 5.11 Å². The fraction of sp³-hybridized carbons (Fsp3) is 1.00. The summed E-state index contributed by atoms with van der Waals surface area (Å²) in [5, 5.41) is 12.8. The van der Waals surface area contributed by atoms with Crippen LogP contribution in [0.4, 0.5) is 0 Å². The van der Waals surface area contributed by atoms with Crippen molar-refractivity contribution in [1.82, 2.24) is 10.2 Å². The summed E-state index contributed by atoms with van der Waals surface area (Å²) in [6.07, 6.45) is 3.57. The van der Waals surface area contributed by atoms with Gasteiger partial charge in [0, 0.05) is 13.1 Å². The Kier molecular flexibility index (Phi) is 6.22. The molecule has 3 nitrogen and oxygen atoms in total. The number of piperidine rings is 1. The Morgan fingerprint density at radius 1 is 1.40 bits per heavy atom. The van der Waals surface area contributed by atoms with Gasteiger partial charge in [-0.15, -0.1) is 0 Å². The van der Waals surface area contributed by atoms with Crippen LogP contribution in [0.3, 0.4) is 0 Å². The topological polar surface area (TPSA) is 35.5 Å². The van der Waals surface area contributed by atoms with E-state index in [1.54, 1.807) is 0 Å². The van der Waals surface area contributed by atoms with Crippen molar-refractivity contribution in [1.29, 1.82) is 0 Å². The quantitative estimate of drug-likeness (QED) is 0.694. The highest BCUT2D eigenvalue weighted by molar-refractivity contribution is 4.73. The standard InChI is InChI=1S/C12H26N2O/c1-3-8-14(9-11(2)15)10-12-4-6-13-7-5-12/h11-13,15H,3-10H2,1-2H3. The lowest BCUT2D eigenvalue weighted by Gasteiger charge is -2.30. The van der Waals surface area contributed by atoms with Crippen molar-refractivity contribution in [3.63, 3.8) is 0 Å². The zero-order chi connectivity index (χ0) is 11.1. The summed E-state index contributed by atoms with van der Waals surface area (Å²) in [6.45, 7) is 9.54. The molecule has 1 aliphatic rings. The van der Waals surface area contributed by atoms with Crippen LogP contribution in [0.15, 0.2) is 0 Å².